The van der Waals surface area contributed by atoms with Gasteiger partial charge in [-0.15, -0.1) is 11.8 Å². The summed E-state index contributed by atoms with van der Waals surface area (Å²) >= 11 is 8.21. The van der Waals surface area contributed by atoms with E-state index in [2.05, 4.69) is 4.90 Å². The highest BCUT2D eigenvalue weighted by Gasteiger charge is 2.25. The van der Waals surface area contributed by atoms with Crippen LogP contribution in [0.15, 0.2) is 65.6 Å². The number of hydrogen-bond acceptors (Lipinski definition) is 4. The third-order valence-electron chi connectivity index (χ3n) is 6.69. The maximum absolute atomic E-state index is 13.8. The Balaban J connectivity index is 1.49. The van der Waals surface area contributed by atoms with Crippen LogP contribution in [0.1, 0.15) is 36.0 Å². The second kappa shape index (κ2) is 11.2. The summed E-state index contributed by atoms with van der Waals surface area (Å²) < 4.78 is 32.6. The van der Waals surface area contributed by atoms with Gasteiger partial charge in [-0.05, 0) is 89.6 Å². The molecule has 0 aromatic heterocycles. The molecule has 1 saturated heterocycles. The van der Waals surface area contributed by atoms with E-state index in [1.54, 1.807) is 30.0 Å². The lowest BCUT2D eigenvalue weighted by atomic mass is 9.88. The molecule has 36 heavy (non-hydrogen) atoms. The van der Waals surface area contributed by atoms with Crippen molar-refractivity contribution in [3.8, 4) is 11.5 Å². The van der Waals surface area contributed by atoms with Crippen molar-refractivity contribution >= 4 is 34.5 Å². The number of nitrogens with zero attached hydrogens (tertiary/aromatic N) is 1. The molecule has 3 aromatic rings. The quantitative estimate of drug-likeness (QED) is 0.346. The zero-order valence-electron chi connectivity index (χ0n) is 19.9. The topological polar surface area (TPSA) is 32.7 Å². The summed E-state index contributed by atoms with van der Waals surface area (Å²) in [5.74, 6) is 1.47. The molecule has 0 bridgehead atoms. The zero-order valence-corrected chi connectivity index (χ0v) is 21.4. The van der Waals surface area contributed by atoms with Crippen LogP contribution in [0.5, 0.6) is 11.5 Å². The van der Waals surface area contributed by atoms with Crippen LogP contribution >= 0.6 is 23.4 Å². The predicted molar refractivity (Wildman–Crippen MR) is 143 cm³/mol. The van der Waals surface area contributed by atoms with E-state index in [1.807, 2.05) is 30.3 Å². The molecule has 2 aliphatic heterocycles. The van der Waals surface area contributed by atoms with E-state index < -0.39 is 0 Å². The molecule has 0 saturated carbocycles. The van der Waals surface area contributed by atoms with Gasteiger partial charge in [0.2, 0.25) is 0 Å². The molecule has 1 N–H and O–H groups in total. The summed E-state index contributed by atoms with van der Waals surface area (Å²) in [4.78, 5) is 3.25. The standard InChI is InChI=1S/C29H28ClF2NO2S/c30-27-16-20(32)4-8-24(27)25-11-15-36-28-17-21(34)5-9-26(28)29(25)19-2-6-22(7-3-19)35-23-10-14-33(18-23)13-1-12-31/h2-9,16-17,23,34H,1,10-15,18H2. The van der Waals surface area contributed by atoms with E-state index >= 15 is 0 Å². The number of aromatic hydroxyl groups is 1. The number of likely N-dealkylation sites (tertiary alicyclic amines) is 1. The maximum Gasteiger partial charge on any atom is 0.124 e. The summed E-state index contributed by atoms with van der Waals surface area (Å²) in [7, 11) is 0. The largest absolute Gasteiger partial charge is 0.508 e. The Morgan fingerprint density at radius 3 is 2.64 bits per heavy atom. The van der Waals surface area contributed by atoms with E-state index in [1.165, 1.54) is 12.1 Å². The fourth-order valence-corrected chi connectivity index (χ4v) is 6.33. The SMILES string of the molecule is Oc1ccc2c(c1)SCCC(c1ccc(F)cc1Cl)=C2c1ccc(OC2CCN(CCCF)C2)cc1. The number of hydrogen-bond donors (Lipinski definition) is 1. The van der Waals surface area contributed by atoms with Gasteiger partial charge in [-0.3, -0.25) is 9.29 Å². The summed E-state index contributed by atoms with van der Waals surface area (Å²) in [6.45, 7) is 2.23. The van der Waals surface area contributed by atoms with Gasteiger partial charge in [0.25, 0.3) is 0 Å². The maximum atomic E-state index is 13.8. The normalized spacial score (nSPS) is 18.2. The number of thioether (sulfide) groups is 1. The van der Waals surface area contributed by atoms with Crippen molar-refractivity contribution in [2.24, 2.45) is 0 Å². The lowest BCUT2D eigenvalue weighted by Gasteiger charge is -2.19. The fourth-order valence-electron chi connectivity index (χ4n) is 4.99. The van der Waals surface area contributed by atoms with E-state index in [9.17, 15) is 13.9 Å². The summed E-state index contributed by atoms with van der Waals surface area (Å²) in [5.41, 5.74) is 4.90. The lowest BCUT2D eigenvalue weighted by Crippen LogP contribution is -2.26. The zero-order chi connectivity index (χ0) is 25.1. The number of benzene rings is 3. The number of rotatable bonds is 7. The number of ether oxygens (including phenoxy) is 1. The Kier molecular flexibility index (Phi) is 7.85. The average Bonchev–Trinajstić information content (AvgIpc) is 3.22. The minimum atomic E-state index is -0.365. The van der Waals surface area contributed by atoms with Crippen LogP contribution in [0, 0.1) is 5.82 Å². The molecule has 3 nitrogen and oxygen atoms in total. The van der Waals surface area contributed by atoms with Gasteiger partial charge in [-0.1, -0.05) is 29.8 Å². The Morgan fingerprint density at radius 2 is 1.86 bits per heavy atom. The van der Waals surface area contributed by atoms with Gasteiger partial charge in [0.15, 0.2) is 0 Å². The lowest BCUT2D eigenvalue weighted by molar-refractivity contribution is 0.198. The molecule has 7 heteroatoms. The third kappa shape index (κ3) is 5.56. The number of halogens is 3. The van der Waals surface area contributed by atoms with Crippen LogP contribution in [-0.2, 0) is 0 Å². The number of phenolic OH excluding ortho intramolecular Hbond substituents is 1. The van der Waals surface area contributed by atoms with Gasteiger partial charge in [0, 0.05) is 30.3 Å². The highest BCUT2D eigenvalue weighted by atomic mass is 35.5. The van der Waals surface area contributed by atoms with Gasteiger partial charge in [-0.2, -0.15) is 0 Å². The minimum absolute atomic E-state index is 0.0984. The molecule has 0 spiro atoms. The average molecular weight is 528 g/mol. The molecule has 5 rings (SSSR count). The molecule has 3 aromatic carbocycles. The molecule has 0 aliphatic carbocycles. The molecule has 1 fully saturated rings. The van der Waals surface area contributed by atoms with Crippen LogP contribution < -0.4 is 4.74 Å². The molecule has 0 amide bonds. The van der Waals surface area contributed by atoms with Crippen LogP contribution in [0.2, 0.25) is 5.02 Å². The van der Waals surface area contributed by atoms with Crippen molar-refractivity contribution in [1.82, 2.24) is 4.90 Å². The van der Waals surface area contributed by atoms with Gasteiger partial charge in [0.05, 0.1) is 11.7 Å². The van der Waals surface area contributed by atoms with E-state index in [-0.39, 0.29) is 24.3 Å². The third-order valence-corrected chi connectivity index (χ3v) is 8.05. The highest BCUT2D eigenvalue weighted by Crippen LogP contribution is 2.45. The Hall–Kier alpha value is -2.54. The monoisotopic (exact) mass is 527 g/mol. The predicted octanol–water partition coefficient (Wildman–Crippen LogP) is 7.45. The first-order chi connectivity index (χ1) is 17.5. The second-order valence-corrected chi connectivity index (χ2v) is 10.7. The van der Waals surface area contributed by atoms with Crippen LogP contribution in [-0.4, -0.2) is 48.2 Å². The molecule has 0 radical (unpaired) electrons. The fraction of sp³-hybridized carbons (Fsp3) is 0.310. The minimum Gasteiger partial charge on any atom is -0.508 e. The van der Waals surface area contributed by atoms with Gasteiger partial charge in [0.1, 0.15) is 23.4 Å². The van der Waals surface area contributed by atoms with Crippen molar-refractivity contribution in [3.05, 3.63) is 88.2 Å². The van der Waals surface area contributed by atoms with Gasteiger partial charge in [-0.25, -0.2) is 4.39 Å². The molecular weight excluding hydrogens is 500 g/mol. The molecule has 2 aliphatic rings. The second-order valence-electron chi connectivity index (χ2n) is 9.15. The van der Waals surface area contributed by atoms with Crippen molar-refractivity contribution in [2.75, 3.05) is 32.1 Å². The number of fused-ring (bicyclic) bond motifs is 1. The smallest absolute Gasteiger partial charge is 0.124 e. The molecular formula is C29H28ClF2NO2S. The summed E-state index contributed by atoms with van der Waals surface area (Å²) in [5, 5.41) is 10.5. The molecule has 2 heterocycles. The van der Waals surface area contributed by atoms with Crippen LogP contribution in [0.3, 0.4) is 0 Å². The van der Waals surface area contributed by atoms with Crippen molar-refractivity contribution in [1.29, 1.82) is 0 Å². The first-order valence-corrected chi connectivity index (χ1v) is 13.6. The van der Waals surface area contributed by atoms with Gasteiger partial charge >= 0.3 is 0 Å². The molecule has 1 unspecified atom stereocenters. The first kappa shape index (κ1) is 25.1. The van der Waals surface area contributed by atoms with E-state index in [4.69, 9.17) is 16.3 Å². The Labute approximate surface area is 219 Å². The Bertz CT molecular complexity index is 1260. The highest BCUT2D eigenvalue weighted by molar-refractivity contribution is 7.99. The van der Waals surface area contributed by atoms with Crippen molar-refractivity contribution in [2.45, 2.75) is 30.3 Å². The molecule has 1 atom stereocenters. The first-order valence-electron chi connectivity index (χ1n) is 12.2. The number of allylic oxidation sites excluding steroid dienone is 1. The number of phenols is 1. The van der Waals surface area contributed by atoms with Crippen molar-refractivity contribution in [3.63, 3.8) is 0 Å². The van der Waals surface area contributed by atoms with Gasteiger partial charge < -0.3 is 9.84 Å². The van der Waals surface area contributed by atoms with Crippen molar-refractivity contribution < 1.29 is 18.6 Å². The van der Waals surface area contributed by atoms with E-state index in [0.29, 0.717) is 11.4 Å². The van der Waals surface area contributed by atoms with Crippen LogP contribution in [0.25, 0.3) is 11.1 Å². The summed E-state index contributed by atoms with van der Waals surface area (Å²) in [6.07, 6.45) is 2.34. The number of alkyl halides is 1. The van der Waals surface area contributed by atoms with Crippen LogP contribution in [0.4, 0.5) is 8.78 Å². The molecule has 188 valence electrons. The summed E-state index contributed by atoms with van der Waals surface area (Å²) in [6, 6.07) is 18.0. The van der Waals surface area contributed by atoms with E-state index in [0.717, 1.165) is 76.7 Å². The Morgan fingerprint density at radius 1 is 1.06 bits per heavy atom.